The lowest BCUT2D eigenvalue weighted by Crippen LogP contribution is -1.82. The summed E-state index contributed by atoms with van der Waals surface area (Å²) in [4.78, 5) is 4.06. The fourth-order valence-corrected chi connectivity index (χ4v) is 1.95. The van der Waals surface area contributed by atoms with Crippen LogP contribution in [0.1, 0.15) is 0 Å². The van der Waals surface area contributed by atoms with Crippen LogP contribution in [0.4, 0.5) is 0 Å². The monoisotopic (exact) mass is 289 g/mol. The molecule has 1 aromatic heterocycles. The molecule has 0 amide bonds. The second-order valence-electron chi connectivity index (χ2n) is 2.44. The maximum absolute atomic E-state index is 5.91. The van der Waals surface area contributed by atoms with Crippen LogP contribution in [0.3, 0.4) is 0 Å². The molecule has 0 fully saturated rings. The predicted molar refractivity (Wildman–Crippen MR) is 59.5 cm³/mol. The summed E-state index contributed by atoms with van der Waals surface area (Å²) >= 11 is 8.17. The lowest BCUT2D eigenvalue weighted by Gasteiger charge is -2.00. The first-order chi connectivity index (χ1) is 5.79. The normalized spacial score (nSPS) is 10.5. The lowest BCUT2D eigenvalue weighted by atomic mass is 10.2. The van der Waals surface area contributed by atoms with Gasteiger partial charge in [0.1, 0.15) is 5.15 Å². The highest BCUT2D eigenvalue weighted by molar-refractivity contribution is 14.1. The molecule has 0 unspecified atom stereocenters. The molecule has 0 bridgehead atoms. The van der Waals surface area contributed by atoms with Crippen molar-refractivity contribution in [2.24, 2.45) is 0 Å². The molecule has 0 N–H and O–H groups in total. The van der Waals surface area contributed by atoms with E-state index in [4.69, 9.17) is 11.6 Å². The lowest BCUT2D eigenvalue weighted by molar-refractivity contribution is 1.34. The second-order valence-corrected chi connectivity index (χ2v) is 3.96. The Morgan fingerprint density at radius 1 is 1.17 bits per heavy atom. The van der Waals surface area contributed by atoms with E-state index in [1.54, 1.807) is 6.20 Å². The van der Waals surface area contributed by atoms with Crippen LogP contribution in [-0.2, 0) is 0 Å². The summed E-state index contributed by atoms with van der Waals surface area (Å²) in [5.74, 6) is 0. The number of aromatic nitrogens is 1. The first-order valence-corrected chi connectivity index (χ1v) is 4.93. The Balaban J connectivity index is 2.95. The molecule has 1 heterocycles. The summed E-state index contributed by atoms with van der Waals surface area (Å²) in [5.41, 5.74) is 0. The first kappa shape index (κ1) is 8.26. The minimum Gasteiger partial charge on any atom is -0.243 e. The Morgan fingerprint density at radius 2 is 1.83 bits per heavy atom. The number of halogens is 2. The van der Waals surface area contributed by atoms with E-state index in [0.717, 1.165) is 14.3 Å². The topological polar surface area (TPSA) is 12.9 Å². The van der Waals surface area contributed by atoms with E-state index in [9.17, 15) is 0 Å². The van der Waals surface area contributed by atoms with E-state index in [2.05, 4.69) is 27.6 Å². The molecule has 0 aliphatic rings. The standard InChI is InChI=1S/C9H5ClIN/c10-9-7-4-2-1-3-6(7)8(11)5-12-9/h1-5H. The van der Waals surface area contributed by atoms with Crippen molar-refractivity contribution in [3.05, 3.63) is 39.2 Å². The molecule has 12 heavy (non-hydrogen) atoms. The Morgan fingerprint density at radius 3 is 2.50 bits per heavy atom. The maximum atomic E-state index is 5.91. The van der Waals surface area contributed by atoms with E-state index in [1.807, 2.05) is 24.3 Å². The minimum atomic E-state index is 0.575. The van der Waals surface area contributed by atoms with Crippen LogP contribution in [0.25, 0.3) is 10.8 Å². The molecular weight excluding hydrogens is 284 g/mol. The number of pyridine rings is 1. The van der Waals surface area contributed by atoms with Crippen molar-refractivity contribution in [2.75, 3.05) is 0 Å². The van der Waals surface area contributed by atoms with Gasteiger partial charge in [-0.2, -0.15) is 0 Å². The van der Waals surface area contributed by atoms with Crippen LogP contribution in [0, 0.1) is 3.57 Å². The van der Waals surface area contributed by atoms with Crippen LogP contribution >= 0.6 is 34.2 Å². The first-order valence-electron chi connectivity index (χ1n) is 3.48. The Labute approximate surface area is 88.9 Å². The third-order valence-electron chi connectivity index (χ3n) is 1.70. The maximum Gasteiger partial charge on any atom is 0.136 e. The van der Waals surface area contributed by atoms with E-state index in [-0.39, 0.29) is 0 Å². The number of rotatable bonds is 0. The third kappa shape index (κ3) is 1.29. The summed E-state index contributed by atoms with van der Waals surface area (Å²) in [6, 6.07) is 7.99. The minimum absolute atomic E-state index is 0.575. The van der Waals surface area contributed by atoms with Crippen molar-refractivity contribution >= 4 is 45.0 Å². The van der Waals surface area contributed by atoms with Gasteiger partial charge in [-0.15, -0.1) is 0 Å². The number of hydrogen-bond donors (Lipinski definition) is 0. The molecule has 3 heteroatoms. The van der Waals surface area contributed by atoms with Crippen molar-refractivity contribution < 1.29 is 0 Å². The SMILES string of the molecule is Clc1ncc(I)c2ccccc12. The van der Waals surface area contributed by atoms with E-state index >= 15 is 0 Å². The number of benzene rings is 1. The Bertz CT molecular complexity index is 387. The van der Waals surface area contributed by atoms with Crippen LogP contribution in [0.5, 0.6) is 0 Å². The van der Waals surface area contributed by atoms with Crippen LogP contribution in [-0.4, -0.2) is 4.98 Å². The van der Waals surface area contributed by atoms with Gasteiger partial charge in [0, 0.05) is 15.2 Å². The zero-order valence-electron chi connectivity index (χ0n) is 6.09. The summed E-state index contributed by atoms with van der Waals surface area (Å²) in [6.45, 7) is 0. The number of hydrogen-bond acceptors (Lipinski definition) is 1. The van der Waals surface area contributed by atoms with E-state index in [1.165, 1.54) is 0 Å². The molecule has 1 aromatic carbocycles. The molecule has 60 valence electrons. The number of nitrogens with zero attached hydrogens (tertiary/aromatic N) is 1. The molecule has 0 aliphatic heterocycles. The summed E-state index contributed by atoms with van der Waals surface area (Å²) < 4.78 is 1.13. The smallest absolute Gasteiger partial charge is 0.136 e. The van der Waals surface area contributed by atoms with Crippen molar-refractivity contribution in [2.45, 2.75) is 0 Å². The fraction of sp³-hybridized carbons (Fsp3) is 0. The molecule has 0 radical (unpaired) electrons. The van der Waals surface area contributed by atoms with Gasteiger partial charge in [-0.3, -0.25) is 0 Å². The average molecular weight is 290 g/mol. The van der Waals surface area contributed by atoms with Gasteiger partial charge < -0.3 is 0 Å². The Hall–Kier alpha value is -0.350. The van der Waals surface area contributed by atoms with Gasteiger partial charge in [0.15, 0.2) is 0 Å². The highest BCUT2D eigenvalue weighted by atomic mass is 127. The molecule has 1 nitrogen and oxygen atoms in total. The van der Waals surface area contributed by atoms with Crippen LogP contribution in [0.2, 0.25) is 5.15 Å². The molecule has 0 saturated heterocycles. The van der Waals surface area contributed by atoms with Crippen LogP contribution < -0.4 is 0 Å². The third-order valence-corrected chi connectivity index (χ3v) is 2.86. The molecule has 0 aliphatic carbocycles. The average Bonchev–Trinajstić information content (AvgIpc) is 2.12. The molecule has 0 atom stereocenters. The van der Waals surface area contributed by atoms with E-state index < -0.39 is 0 Å². The highest BCUT2D eigenvalue weighted by Gasteiger charge is 2.01. The zero-order chi connectivity index (χ0) is 8.55. The van der Waals surface area contributed by atoms with Crippen molar-refractivity contribution in [1.29, 1.82) is 0 Å². The van der Waals surface area contributed by atoms with Crippen molar-refractivity contribution in [3.8, 4) is 0 Å². The van der Waals surface area contributed by atoms with Gasteiger partial charge in [-0.1, -0.05) is 35.9 Å². The van der Waals surface area contributed by atoms with Gasteiger partial charge in [0.25, 0.3) is 0 Å². The zero-order valence-corrected chi connectivity index (χ0v) is 9.00. The van der Waals surface area contributed by atoms with Crippen LogP contribution in [0.15, 0.2) is 30.5 Å². The van der Waals surface area contributed by atoms with Crippen molar-refractivity contribution in [1.82, 2.24) is 4.98 Å². The highest BCUT2D eigenvalue weighted by Crippen LogP contribution is 2.24. The fourth-order valence-electron chi connectivity index (χ4n) is 1.12. The van der Waals surface area contributed by atoms with Gasteiger partial charge in [0.05, 0.1) is 0 Å². The Kier molecular flexibility index (Phi) is 2.19. The largest absolute Gasteiger partial charge is 0.243 e. The van der Waals surface area contributed by atoms with Gasteiger partial charge in [0.2, 0.25) is 0 Å². The molecule has 0 saturated carbocycles. The molecule has 2 aromatic rings. The summed E-state index contributed by atoms with van der Waals surface area (Å²) in [6.07, 6.45) is 1.78. The molecule has 2 rings (SSSR count). The molecule has 0 spiro atoms. The summed E-state index contributed by atoms with van der Waals surface area (Å²) in [7, 11) is 0. The quantitative estimate of drug-likeness (QED) is 0.534. The van der Waals surface area contributed by atoms with Crippen molar-refractivity contribution in [3.63, 3.8) is 0 Å². The molecular formula is C9H5ClIN. The van der Waals surface area contributed by atoms with Gasteiger partial charge in [-0.05, 0) is 28.0 Å². The summed E-state index contributed by atoms with van der Waals surface area (Å²) in [5, 5.41) is 2.76. The number of fused-ring (bicyclic) bond motifs is 1. The predicted octanol–water partition coefficient (Wildman–Crippen LogP) is 3.49. The van der Waals surface area contributed by atoms with Gasteiger partial charge in [-0.25, -0.2) is 4.98 Å². The second kappa shape index (κ2) is 3.18. The van der Waals surface area contributed by atoms with E-state index in [0.29, 0.717) is 5.15 Å². The van der Waals surface area contributed by atoms with Gasteiger partial charge >= 0.3 is 0 Å².